The molecule has 1 unspecified atom stereocenters. The number of ether oxygens (including phenoxy) is 1. The van der Waals surface area contributed by atoms with Gasteiger partial charge in [-0.05, 0) is 42.9 Å². The molecule has 1 atom stereocenters. The van der Waals surface area contributed by atoms with Crippen molar-refractivity contribution in [1.29, 1.82) is 0 Å². The molecule has 0 aliphatic carbocycles. The van der Waals surface area contributed by atoms with Crippen LogP contribution in [0.4, 0.5) is 4.39 Å². The highest BCUT2D eigenvalue weighted by atomic mass is 127. The summed E-state index contributed by atoms with van der Waals surface area (Å²) in [7, 11) is 1.86. The van der Waals surface area contributed by atoms with Crippen LogP contribution in [0.25, 0.3) is 0 Å². The van der Waals surface area contributed by atoms with Crippen molar-refractivity contribution in [2.24, 2.45) is 4.99 Å². The standard InChI is InChI=1S/C19H29FN4OS.HI/c1-21-19(22-8-2-14-26-18-5-3-16(20)4-6-18)24-9-7-17(15-24)23-10-12-25-13-11-23;/h3-6,17H,2,7-15H2,1H3,(H,21,22);1H. The molecule has 0 saturated carbocycles. The zero-order chi connectivity index (χ0) is 18.2. The molecule has 0 amide bonds. The van der Waals surface area contributed by atoms with Crippen LogP contribution in [0.5, 0.6) is 0 Å². The minimum Gasteiger partial charge on any atom is -0.379 e. The molecule has 0 spiro atoms. The van der Waals surface area contributed by atoms with Crippen LogP contribution in [-0.4, -0.2) is 80.5 Å². The first kappa shape index (κ1) is 22.7. The van der Waals surface area contributed by atoms with E-state index in [4.69, 9.17) is 4.74 Å². The Morgan fingerprint density at radius 2 is 2.00 bits per heavy atom. The number of rotatable bonds is 6. The number of morpholine rings is 1. The van der Waals surface area contributed by atoms with Gasteiger partial charge in [-0.15, -0.1) is 35.7 Å². The molecule has 2 aliphatic rings. The van der Waals surface area contributed by atoms with Crippen LogP contribution in [-0.2, 0) is 4.74 Å². The van der Waals surface area contributed by atoms with Gasteiger partial charge < -0.3 is 15.0 Å². The molecule has 0 bridgehead atoms. The van der Waals surface area contributed by atoms with Gasteiger partial charge in [0, 0.05) is 50.7 Å². The van der Waals surface area contributed by atoms with E-state index in [0.717, 1.165) is 69.0 Å². The van der Waals surface area contributed by atoms with Gasteiger partial charge in [0.2, 0.25) is 0 Å². The number of hydrogen-bond acceptors (Lipinski definition) is 4. The maximum Gasteiger partial charge on any atom is 0.193 e. The van der Waals surface area contributed by atoms with Crippen LogP contribution in [0.2, 0.25) is 0 Å². The van der Waals surface area contributed by atoms with Crippen LogP contribution >= 0.6 is 35.7 Å². The molecule has 27 heavy (non-hydrogen) atoms. The molecule has 152 valence electrons. The lowest BCUT2D eigenvalue weighted by molar-refractivity contribution is 0.0195. The van der Waals surface area contributed by atoms with Crippen LogP contribution in [0.15, 0.2) is 34.2 Å². The Bertz CT molecular complexity index is 584. The average molecular weight is 508 g/mol. The van der Waals surface area contributed by atoms with E-state index in [9.17, 15) is 4.39 Å². The molecule has 2 fully saturated rings. The summed E-state index contributed by atoms with van der Waals surface area (Å²) < 4.78 is 18.4. The van der Waals surface area contributed by atoms with Gasteiger partial charge in [-0.25, -0.2) is 4.39 Å². The molecule has 1 aromatic rings. The third kappa shape index (κ3) is 7.07. The minimum absolute atomic E-state index is 0. The van der Waals surface area contributed by atoms with E-state index in [1.54, 1.807) is 11.8 Å². The van der Waals surface area contributed by atoms with Crippen molar-refractivity contribution in [2.75, 3.05) is 58.7 Å². The van der Waals surface area contributed by atoms with Crippen molar-refractivity contribution in [3.8, 4) is 0 Å². The van der Waals surface area contributed by atoms with Crippen molar-refractivity contribution in [2.45, 2.75) is 23.8 Å². The molecule has 2 saturated heterocycles. The smallest absolute Gasteiger partial charge is 0.193 e. The Morgan fingerprint density at radius 3 is 2.70 bits per heavy atom. The summed E-state index contributed by atoms with van der Waals surface area (Å²) in [6.45, 7) is 6.82. The number of benzene rings is 1. The SMILES string of the molecule is CN=C(NCCCSc1ccc(F)cc1)N1CCC(N2CCOCC2)C1.I. The Balaban J connectivity index is 0.00000261. The number of guanidine groups is 1. The lowest BCUT2D eigenvalue weighted by atomic mass is 10.2. The molecule has 8 heteroatoms. The third-order valence-electron chi connectivity index (χ3n) is 4.92. The lowest BCUT2D eigenvalue weighted by Gasteiger charge is -2.32. The molecule has 3 rings (SSSR count). The van der Waals surface area contributed by atoms with E-state index in [1.165, 1.54) is 18.6 Å². The molecular weight excluding hydrogens is 478 g/mol. The lowest BCUT2D eigenvalue weighted by Crippen LogP contribution is -2.46. The predicted molar refractivity (Wildman–Crippen MR) is 121 cm³/mol. The first-order valence-electron chi connectivity index (χ1n) is 9.42. The van der Waals surface area contributed by atoms with Gasteiger partial charge in [0.25, 0.3) is 0 Å². The van der Waals surface area contributed by atoms with Crippen molar-refractivity contribution >= 4 is 41.7 Å². The number of nitrogens with zero attached hydrogens (tertiary/aromatic N) is 3. The van der Waals surface area contributed by atoms with Crippen molar-refractivity contribution in [3.05, 3.63) is 30.1 Å². The van der Waals surface area contributed by atoms with E-state index < -0.39 is 0 Å². The molecule has 5 nitrogen and oxygen atoms in total. The van der Waals surface area contributed by atoms with Gasteiger partial charge in [-0.2, -0.15) is 0 Å². The van der Waals surface area contributed by atoms with Crippen molar-refractivity contribution in [3.63, 3.8) is 0 Å². The third-order valence-corrected chi connectivity index (χ3v) is 6.02. The van der Waals surface area contributed by atoms with Gasteiger partial charge in [-0.3, -0.25) is 9.89 Å². The summed E-state index contributed by atoms with van der Waals surface area (Å²) in [5.41, 5.74) is 0. The molecule has 0 aromatic heterocycles. The first-order chi connectivity index (χ1) is 12.8. The summed E-state index contributed by atoms with van der Waals surface area (Å²) in [4.78, 5) is 10.5. The van der Waals surface area contributed by atoms with Crippen LogP contribution in [0.1, 0.15) is 12.8 Å². The van der Waals surface area contributed by atoms with E-state index >= 15 is 0 Å². The highest BCUT2D eigenvalue weighted by Crippen LogP contribution is 2.19. The average Bonchev–Trinajstić information content (AvgIpc) is 3.17. The highest BCUT2D eigenvalue weighted by molar-refractivity contribution is 14.0. The van der Waals surface area contributed by atoms with Crippen molar-refractivity contribution < 1.29 is 9.13 Å². The second-order valence-electron chi connectivity index (χ2n) is 6.67. The summed E-state index contributed by atoms with van der Waals surface area (Å²) in [6.07, 6.45) is 2.24. The summed E-state index contributed by atoms with van der Waals surface area (Å²) in [5, 5.41) is 3.49. The molecule has 0 radical (unpaired) electrons. The van der Waals surface area contributed by atoms with Crippen LogP contribution < -0.4 is 5.32 Å². The number of halogens is 2. The quantitative estimate of drug-likeness (QED) is 0.211. The number of thioether (sulfide) groups is 1. The zero-order valence-corrected chi connectivity index (χ0v) is 19.0. The van der Waals surface area contributed by atoms with Crippen LogP contribution in [0, 0.1) is 5.82 Å². The molecule has 1 N–H and O–H groups in total. The molecule has 2 aliphatic heterocycles. The Kier molecular flexibility index (Phi) is 10.2. The fraction of sp³-hybridized carbons (Fsp3) is 0.632. The molecular formula is C19H30FIN4OS. The monoisotopic (exact) mass is 508 g/mol. The summed E-state index contributed by atoms with van der Waals surface area (Å²) >= 11 is 1.76. The molecule has 2 heterocycles. The normalized spacial score (nSPS) is 21.2. The van der Waals surface area contributed by atoms with Gasteiger partial charge in [-0.1, -0.05) is 0 Å². The zero-order valence-electron chi connectivity index (χ0n) is 15.9. The van der Waals surface area contributed by atoms with Crippen LogP contribution in [0.3, 0.4) is 0 Å². The minimum atomic E-state index is -0.180. The van der Waals surface area contributed by atoms with Crippen molar-refractivity contribution in [1.82, 2.24) is 15.1 Å². The second-order valence-corrected chi connectivity index (χ2v) is 7.84. The number of nitrogens with one attached hydrogen (secondary N) is 1. The number of likely N-dealkylation sites (tertiary alicyclic amines) is 1. The fourth-order valence-corrected chi connectivity index (χ4v) is 4.35. The van der Waals surface area contributed by atoms with Gasteiger partial charge in [0.15, 0.2) is 5.96 Å². The Hall–Kier alpha value is -0.580. The van der Waals surface area contributed by atoms with E-state index in [2.05, 4.69) is 20.1 Å². The maximum absolute atomic E-state index is 12.9. The Morgan fingerprint density at radius 1 is 1.26 bits per heavy atom. The maximum atomic E-state index is 12.9. The van der Waals surface area contributed by atoms with E-state index in [0.29, 0.717) is 6.04 Å². The van der Waals surface area contributed by atoms with E-state index in [1.807, 2.05) is 19.2 Å². The summed E-state index contributed by atoms with van der Waals surface area (Å²) in [6, 6.07) is 7.32. The summed E-state index contributed by atoms with van der Waals surface area (Å²) in [5.74, 6) is 1.83. The van der Waals surface area contributed by atoms with Gasteiger partial charge in [0.05, 0.1) is 13.2 Å². The number of hydrogen-bond donors (Lipinski definition) is 1. The first-order valence-corrected chi connectivity index (χ1v) is 10.4. The molecule has 1 aromatic carbocycles. The highest BCUT2D eigenvalue weighted by Gasteiger charge is 2.30. The topological polar surface area (TPSA) is 40.1 Å². The second kappa shape index (κ2) is 12.1. The number of aliphatic imine (C=N–C) groups is 1. The Labute approximate surface area is 183 Å². The fourth-order valence-electron chi connectivity index (χ4n) is 3.50. The van der Waals surface area contributed by atoms with Gasteiger partial charge >= 0.3 is 0 Å². The van der Waals surface area contributed by atoms with Gasteiger partial charge in [0.1, 0.15) is 5.82 Å². The largest absolute Gasteiger partial charge is 0.379 e. The predicted octanol–water partition coefficient (Wildman–Crippen LogP) is 2.91. The van der Waals surface area contributed by atoms with E-state index in [-0.39, 0.29) is 29.8 Å².